The topological polar surface area (TPSA) is 0 Å². The van der Waals surface area contributed by atoms with Gasteiger partial charge in [-0.3, -0.25) is 0 Å². The molecule has 0 aliphatic rings. The Labute approximate surface area is 386 Å². The van der Waals surface area contributed by atoms with E-state index in [-0.39, 0.29) is 0 Å². The minimum Gasteiger partial charge on any atom is -0.135 e. The summed E-state index contributed by atoms with van der Waals surface area (Å²) < 4.78 is 2.63. The summed E-state index contributed by atoms with van der Waals surface area (Å²) in [6.45, 7) is 4.53. The number of hydrogen-bond acceptors (Lipinski definition) is 1. The predicted molar refractivity (Wildman–Crippen MR) is 290 cm³/mol. The van der Waals surface area contributed by atoms with E-state index in [1.54, 1.807) is 0 Å². The van der Waals surface area contributed by atoms with Gasteiger partial charge in [0.15, 0.2) is 0 Å². The number of benzene rings is 13. The van der Waals surface area contributed by atoms with Crippen molar-refractivity contribution in [2.45, 2.75) is 19.8 Å². The Morgan fingerprint density at radius 1 is 0.258 bits per heavy atom. The molecule has 0 aliphatic heterocycles. The monoisotopic (exact) mass is 854 g/mol. The lowest BCUT2D eigenvalue weighted by atomic mass is 9.81. The molecule has 0 nitrogen and oxygen atoms in total. The van der Waals surface area contributed by atoms with E-state index in [1.807, 2.05) is 11.3 Å². The van der Waals surface area contributed by atoms with Gasteiger partial charge >= 0.3 is 0 Å². The van der Waals surface area contributed by atoms with Gasteiger partial charge in [-0.1, -0.05) is 196 Å². The fourth-order valence-corrected chi connectivity index (χ4v) is 12.7. The number of thiophene rings is 1. The van der Waals surface area contributed by atoms with Crippen LogP contribution in [-0.2, 0) is 0 Å². The highest BCUT2D eigenvalue weighted by molar-refractivity contribution is 7.26. The summed E-state index contributed by atoms with van der Waals surface area (Å²) in [5, 5.41) is 23.2. The van der Waals surface area contributed by atoms with E-state index in [2.05, 4.69) is 226 Å². The van der Waals surface area contributed by atoms with Crippen LogP contribution in [0.25, 0.3) is 140 Å². The lowest BCUT2D eigenvalue weighted by molar-refractivity contribution is 0.867. The molecule has 0 spiro atoms. The van der Waals surface area contributed by atoms with Crippen molar-refractivity contribution < 1.29 is 0 Å². The zero-order valence-corrected chi connectivity index (χ0v) is 37.5. The van der Waals surface area contributed by atoms with Gasteiger partial charge in [-0.05, 0) is 161 Å². The first kappa shape index (κ1) is 37.5. The molecule has 0 fully saturated rings. The van der Waals surface area contributed by atoms with E-state index in [0.717, 1.165) is 0 Å². The quantitative estimate of drug-likeness (QED) is 0.122. The highest BCUT2D eigenvalue weighted by Gasteiger charge is 2.23. The highest BCUT2D eigenvalue weighted by Crippen LogP contribution is 2.51. The van der Waals surface area contributed by atoms with Crippen molar-refractivity contribution >= 4 is 118 Å². The van der Waals surface area contributed by atoms with Gasteiger partial charge in [0.05, 0.1) is 0 Å². The lowest BCUT2D eigenvalue weighted by Gasteiger charge is -2.22. The van der Waals surface area contributed by atoms with Crippen molar-refractivity contribution in [3.05, 3.63) is 218 Å². The fraction of sp³-hybridized carbons (Fsp3) is 0.0462. The van der Waals surface area contributed by atoms with Crippen LogP contribution in [0, 0.1) is 0 Å². The number of hydrogen-bond donors (Lipinski definition) is 0. The normalized spacial score (nSPS) is 12.2. The van der Waals surface area contributed by atoms with Crippen molar-refractivity contribution in [3.63, 3.8) is 0 Å². The minimum absolute atomic E-state index is 0.482. The molecule has 0 unspecified atom stereocenters. The maximum Gasteiger partial charge on any atom is 0.0362 e. The Bertz CT molecular complexity index is 4240. The number of rotatable bonds is 4. The summed E-state index contributed by atoms with van der Waals surface area (Å²) in [7, 11) is 0. The molecular weight excluding hydrogens is 813 g/mol. The molecule has 14 rings (SSSR count). The zero-order chi connectivity index (χ0) is 43.6. The largest absolute Gasteiger partial charge is 0.135 e. The molecule has 0 N–H and O–H groups in total. The molecule has 0 aliphatic carbocycles. The van der Waals surface area contributed by atoms with Gasteiger partial charge < -0.3 is 0 Å². The zero-order valence-electron chi connectivity index (χ0n) is 36.7. The SMILES string of the molecule is CC(C)c1ccc(-c2c3ccccc3c(-c3c4ccccc4c(-c4ccc5c(c4)sc4cc6c7ccccc7c7cc8ccccc8cc7c6cc45)c4ccccc34)c3ccccc23)cc1. The van der Waals surface area contributed by atoms with E-state index < -0.39 is 0 Å². The Hall–Kier alpha value is -7.84. The van der Waals surface area contributed by atoms with E-state index >= 15 is 0 Å². The van der Waals surface area contributed by atoms with E-state index in [0.29, 0.717) is 5.92 Å². The van der Waals surface area contributed by atoms with Crippen LogP contribution in [0.4, 0.5) is 0 Å². The molecular formula is C65H42S. The maximum absolute atomic E-state index is 2.48. The molecule has 0 radical (unpaired) electrons. The van der Waals surface area contributed by atoms with Crippen LogP contribution in [0.2, 0.25) is 0 Å². The van der Waals surface area contributed by atoms with Gasteiger partial charge in [-0.15, -0.1) is 11.3 Å². The predicted octanol–water partition coefficient (Wildman–Crippen LogP) is 19.4. The molecule has 66 heavy (non-hydrogen) atoms. The molecule has 13 aromatic carbocycles. The minimum atomic E-state index is 0.482. The molecule has 0 saturated heterocycles. The van der Waals surface area contributed by atoms with Gasteiger partial charge in [0.2, 0.25) is 0 Å². The van der Waals surface area contributed by atoms with Crippen molar-refractivity contribution in [2.24, 2.45) is 0 Å². The summed E-state index contributed by atoms with van der Waals surface area (Å²) in [5.41, 5.74) is 9.03. The standard InChI is InChI=1S/C65H42S/c1-38(2)39-27-29-40(30-28-39)62-47-19-7-11-23-51(47)64(52-24-12-8-20-48(52)62)65-53-25-13-9-21-49(53)63(50-22-10-14-26-54(50)65)43-31-32-46-59-36-57-56-34-42-16-4-3-15-41(42)33-55(56)44-17-5-6-18-45(44)58(57)37-61(59)66-60(46)35-43/h3-38H,1-2H3. The van der Waals surface area contributed by atoms with Gasteiger partial charge in [-0.25, -0.2) is 0 Å². The molecule has 308 valence electrons. The van der Waals surface area contributed by atoms with Crippen LogP contribution in [0.1, 0.15) is 25.3 Å². The third-order valence-corrected chi connectivity index (χ3v) is 15.7. The van der Waals surface area contributed by atoms with E-state index in [9.17, 15) is 0 Å². The van der Waals surface area contributed by atoms with Gasteiger partial charge in [-0.2, -0.15) is 0 Å². The van der Waals surface area contributed by atoms with Crippen LogP contribution in [-0.4, -0.2) is 0 Å². The van der Waals surface area contributed by atoms with Gasteiger partial charge in [0.1, 0.15) is 0 Å². The van der Waals surface area contributed by atoms with Crippen molar-refractivity contribution in [1.82, 2.24) is 0 Å². The Morgan fingerprint density at radius 3 is 1.11 bits per heavy atom. The summed E-state index contributed by atoms with van der Waals surface area (Å²) in [6.07, 6.45) is 0. The first-order valence-electron chi connectivity index (χ1n) is 23.2. The van der Waals surface area contributed by atoms with Crippen LogP contribution in [0.3, 0.4) is 0 Å². The second kappa shape index (κ2) is 14.3. The second-order valence-corrected chi connectivity index (χ2v) is 19.5. The van der Waals surface area contributed by atoms with Crippen molar-refractivity contribution in [2.75, 3.05) is 0 Å². The number of fused-ring (bicyclic) bond motifs is 14. The summed E-state index contributed by atoms with van der Waals surface area (Å²) in [4.78, 5) is 0. The molecule has 0 saturated carbocycles. The summed E-state index contributed by atoms with van der Waals surface area (Å²) in [6, 6.07) is 80.3. The van der Waals surface area contributed by atoms with Crippen molar-refractivity contribution in [3.8, 4) is 33.4 Å². The van der Waals surface area contributed by atoms with Crippen LogP contribution in [0.15, 0.2) is 212 Å². The van der Waals surface area contributed by atoms with Gasteiger partial charge in [0.25, 0.3) is 0 Å². The third-order valence-electron chi connectivity index (χ3n) is 14.6. The first-order valence-corrected chi connectivity index (χ1v) is 24.0. The molecule has 0 atom stereocenters. The smallest absolute Gasteiger partial charge is 0.0362 e. The Balaban J connectivity index is 1.02. The van der Waals surface area contributed by atoms with Crippen LogP contribution < -0.4 is 0 Å². The first-order chi connectivity index (χ1) is 32.6. The average molecular weight is 855 g/mol. The lowest BCUT2D eigenvalue weighted by Crippen LogP contribution is -1.95. The Morgan fingerprint density at radius 2 is 0.621 bits per heavy atom. The summed E-state index contributed by atoms with van der Waals surface area (Å²) in [5.74, 6) is 0.482. The van der Waals surface area contributed by atoms with E-state index in [4.69, 9.17) is 0 Å². The highest BCUT2D eigenvalue weighted by atomic mass is 32.1. The average Bonchev–Trinajstić information content (AvgIpc) is 3.73. The summed E-state index contributed by atoms with van der Waals surface area (Å²) >= 11 is 1.92. The second-order valence-electron chi connectivity index (χ2n) is 18.5. The molecule has 1 heterocycles. The van der Waals surface area contributed by atoms with Crippen molar-refractivity contribution in [1.29, 1.82) is 0 Å². The molecule has 1 aromatic heterocycles. The molecule has 0 bridgehead atoms. The maximum atomic E-state index is 2.48. The van der Waals surface area contributed by atoms with Gasteiger partial charge in [0, 0.05) is 20.2 Å². The molecule has 14 aromatic rings. The Kier molecular flexibility index (Phi) is 8.15. The third kappa shape index (κ3) is 5.44. The molecule has 1 heteroatoms. The van der Waals surface area contributed by atoms with Crippen LogP contribution in [0.5, 0.6) is 0 Å². The molecule has 0 amide bonds. The van der Waals surface area contributed by atoms with Crippen LogP contribution >= 0.6 is 11.3 Å². The fourth-order valence-electron chi connectivity index (χ4n) is 11.5. The van der Waals surface area contributed by atoms with E-state index in [1.165, 1.54) is 145 Å².